The lowest BCUT2D eigenvalue weighted by molar-refractivity contribution is 0.100. The summed E-state index contributed by atoms with van der Waals surface area (Å²) in [5.74, 6) is 0.496. The van der Waals surface area contributed by atoms with Crippen LogP contribution in [0.1, 0.15) is 16.8 Å². The van der Waals surface area contributed by atoms with Crippen LogP contribution in [-0.4, -0.2) is 57.2 Å². The van der Waals surface area contributed by atoms with Crippen molar-refractivity contribution < 1.29 is 9.53 Å². The van der Waals surface area contributed by atoms with Crippen LogP contribution in [0.4, 0.5) is 11.4 Å². The monoisotopic (exact) mass is 368 g/mol. The van der Waals surface area contributed by atoms with Gasteiger partial charge in [0.25, 0.3) is 5.91 Å². The predicted octanol–water partition coefficient (Wildman–Crippen LogP) is 2.42. The number of nitrogens with zero attached hydrogens (tertiary/aromatic N) is 2. The van der Waals surface area contributed by atoms with Crippen molar-refractivity contribution in [3.05, 3.63) is 54.1 Å². The van der Waals surface area contributed by atoms with Crippen molar-refractivity contribution in [2.75, 3.05) is 56.6 Å². The largest absolute Gasteiger partial charge is 0.497 e. The summed E-state index contributed by atoms with van der Waals surface area (Å²) < 4.78 is 5.22. The topological polar surface area (TPSA) is 70.8 Å². The predicted molar refractivity (Wildman–Crippen MR) is 110 cm³/mol. The molecule has 27 heavy (non-hydrogen) atoms. The van der Waals surface area contributed by atoms with Gasteiger partial charge in [0.05, 0.1) is 12.7 Å². The minimum Gasteiger partial charge on any atom is -0.497 e. The van der Waals surface area contributed by atoms with Crippen LogP contribution in [0.2, 0.25) is 0 Å². The normalized spacial score (nSPS) is 14.8. The van der Waals surface area contributed by atoms with Crippen LogP contribution in [0.5, 0.6) is 5.75 Å². The maximum absolute atomic E-state index is 11.4. The van der Waals surface area contributed by atoms with Gasteiger partial charge in [-0.2, -0.15) is 0 Å². The second kappa shape index (κ2) is 9.28. The molecule has 6 heteroatoms. The number of nitrogens with two attached hydrogens (primary N) is 1. The number of hydrogen-bond donors (Lipinski definition) is 2. The van der Waals surface area contributed by atoms with Crippen molar-refractivity contribution in [1.82, 2.24) is 4.90 Å². The number of rotatable bonds is 8. The Labute approximate surface area is 160 Å². The first-order valence-electron chi connectivity index (χ1n) is 9.41. The third-order valence-corrected chi connectivity index (χ3v) is 4.97. The molecular weight excluding hydrogens is 340 g/mol. The van der Waals surface area contributed by atoms with E-state index in [4.69, 9.17) is 10.5 Å². The average molecular weight is 368 g/mol. The quantitative estimate of drug-likeness (QED) is 0.700. The van der Waals surface area contributed by atoms with E-state index in [1.807, 2.05) is 30.3 Å². The highest BCUT2D eigenvalue weighted by atomic mass is 16.5. The number of primary amides is 1. The first kappa shape index (κ1) is 19.0. The van der Waals surface area contributed by atoms with Crippen LogP contribution in [0.3, 0.4) is 0 Å². The van der Waals surface area contributed by atoms with Gasteiger partial charge in [0, 0.05) is 44.1 Å². The van der Waals surface area contributed by atoms with Gasteiger partial charge in [-0.25, -0.2) is 0 Å². The fraction of sp³-hybridized carbons (Fsp3) is 0.381. The molecule has 1 aliphatic heterocycles. The maximum atomic E-state index is 11.4. The molecule has 1 saturated heterocycles. The van der Waals surface area contributed by atoms with E-state index in [-0.39, 0.29) is 0 Å². The molecule has 2 aromatic carbocycles. The lowest BCUT2D eigenvalue weighted by Gasteiger charge is -2.36. The van der Waals surface area contributed by atoms with E-state index in [0.717, 1.165) is 57.1 Å². The highest BCUT2D eigenvalue weighted by Crippen LogP contribution is 2.20. The average Bonchev–Trinajstić information content (AvgIpc) is 2.72. The fourth-order valence-electron chi connectivity index (χ4n) is 3.40. The highest BCUT2D eigenvalue weighted by molar-refractivity contribution is 5.98. The molecule has 1 heterocycles. The van der Waals surface area contributed by atoms with Crippen LogP contribution in [0, 0.1) is 0 Å². The van der Waals surface area contributed by atoms with Gasteiger partial charge in [0.1, 0.15) is 5.75 Å². The Morgan fingerprint density at radius 2 is 1.78 bits per heavy atom. The number of para-hydroxylation sites is 1. The van der Waals surface area contributed by atoms with Crippen LogP contribution in [0.25, 0.3) is 0 Å². The molecule has 3 N–H and O–H groups in total. The smallest absolute Gasteiger partial charge is 0.250 e. The van der Waals surface area contributed by atoms with Crippen molar-refractivity contribution in [2.45, 2.75) is 6.42 Å². The first-order chi connectivity index (χ1) is 13.2. The Kier molecular flexibility index (Phi) is 6.54. The summed E-state index contributed by atoms with van der Waals surface area (Å²) in [4.78, 5) is 16.3. The standard InChI is InChI=1S/C21H28N4O2/c1-27-18-9-7-17(8-10-18)25-15-13-24(14-16-25)12-4-11-23-20-6-3-2-5-19(20)21(22)26/h2-3,5-10,23H,4,11-16H2,1H3,(H2,22,26). The fourth-order valence-corrected chi connectivity index (χ4v) is 3.40. The Bertz CT molecular complexity index is 740. The minimum atomic E-state index is -0.396. The van der Waals surface area contributed by atoms with Gasteiger partial charge < -0.3 is 20.7 Å². The Hall–Kier alpha value is -2.73. The summed E-state index contributed by atoms with van der Waals surface area (Å²) in [7, 11) is 1.69. The first-order valence-corrected chi connectivity index (χ1v) is 9.41. The maximum Gasteiger partial charge on any atom is 0.250 e. The summed E-state index contributed by atoms with van der Waals surface area (Å²) in [5, 5.41) is 3.33. The van der Waals surface area contributed by atoms with Crippen molar-refractivity contribution >= 4 is 17.3 Å². The molecule has 0 atom stereocenters. The molecule has 0 saturated carbocycles. The molecular formula is C21H28N4O2. The zero-order valence-electron chi connectivity index (χ0n) is 15.9. The van der Waals surface area contributed by atoms with Crippen molar-refractivity contribution in [2.24, 2.45) is 5.73 Å². The van der Waals surface area contributed by atoms with E-state index < -0.39 is 5.91 Å². The molecule has 0 unspecified atom stereocenters. The third-order valence-electron chi connectivity index (χ3n) is 4.97. The zero-order valence-corrected chi connectivity index (χ0v) is 15.9. The van der Waals surface area contributed by atoms with Gasteiger partial charge in [-0.15, -0.1) is 0 Å². The number of nitrogens with one attached hydrogen (secondary N) is 1. The number of carbonyl (C=O) groups is 1. The van der Waals surface area contributed by atoms with Crippen LogP contribution < -0.4 is 20.7 Å². The Morgan fingerprint density at radius 1 is 1.07 bits per heavy atom. The molecule has 2 aromatic rings. The number of anilines is 2. The zero-order chi connectivity index (χ0) is 19.1. The molecule has 1 aliphatic rings. The molecule has 6 nitrogen and oxygen atoms in total. The van der Waals surface area contributed by atoms with Crippen LogP contribution in [0.15, 0.2) is 48.5 Å². The summed E-state index contributed by atoms with van der Waals surface area (Å²) in [6, 6.07) is 15.6. The number of ether oxygens (including phenoxy) is 1. The number of methoxy groups -OCH3 is 1. The SMILES string of the molecule is COc1ccc(N2CCN(CCCNc3ccccc3C(N)=O)CC2)cc1. The lowest BCUT2D eigenvalue weighted by Crippen LogP contribution is -2.46. The third kappa shape index (κ3) is 5.14. The van der Waals surface area contributed by atoms with Gasteiger partial charge in [-0.1, -0.05) is 12.1 Å². The summed E-state index contributed by atoms with van der Waals surface area (Å²) in [5.41, 5.74) is 8.03. The minimum absolute atomic E-state index is 0.396. The second-order valence-corrected chi connectivity index (χ2v) is 6.72. The van der Waals surface area contributed by atoms with E-state index in [9.17, 15) is 4.79 Å². The molecule has 1 amide bonds. The number of amides is 1. The summed E-state index contributed by atoms with van der Waals surface area (Å²) >= 11 is 0. The molecule has 1 fully saturated rings. The van der Waals surface area contributed by atoms with E-state index in [0.29, 0.717) is 5.56 Å². The summed E-state index contributed by atoms with van der Waals surface area (Å²) in [6.45, 7) is 6.05. The van der Waals surface area contributed by atoms with Gasteiger partial charge in [-0.05, 0) is 49.4 Å². The van der Waals surface area contributed by atoms with Crippen molar-refractivity contribution in [3.63, 3.8) is 0 Å². The van der Waals surface area contributed by atoms with E-state index in [1.165, 1.54) is 5.69 Å². The molecule has 3 rings (SSSR count). The molecule has 144 valence electrons. The molecule has 0 spiro atoms. The molecule has 0 bridgehead atoms. The summed E-state index contributed by atoms with van der Waals surface area (Å²) in [6.07, 6.45) is 1.02. The van der Waals surface area contributed by atoms with Gasteiger partial charge in [-0.3, -0.25) is 9.69 Å². The second-order valence-electron chi connectivity index (χ2n) is 6.72. The number of hydrogen-bond acceptors (Lipinski definition) is 5. The Balaban J connectivity index is 1.39. The molecule has 0 aromatic heterocycles. The molecule has 0 aliphatic carbocycles. The Morgan fingerprint density at radius 3 is 2.44 bits per heavy atom. The van der Waals surface area contributed by atoms with Gasteiger partial charge in [0.2, 0.25) is 0 Å². The van der Waals surface area contributed by atoms with Crippen molar-refractivity contribution in [1.29, 1.82) is 0 Å². The number of carbonyl (C=O) groups excluding carboxylic acids is 1. The van der Waals surface area contributed by atoms with Crippen LogP contribution in [-0.2, 0) is 0 Å². The lowest BCUT2D eigenvalue weighted by atomic mass is 10.1. The van der Waals surface area contributed by atoms with Gasteiger partial charge >= 0.3 is 0 Å². The van der Waals surface area contributed by atoms with E-state index >= 15 is 0 Å². The highest BCUT2D eigenvalue weighted by Gasteiger charge is 2.16. The van der Waals surface area contributed by atoms with Gasteiger partial charge in [0.15, 0.2) is 0 Å². The van der Waals surface area contributed by atoms with E-state index in [1.54, 1.807) is 13.2 Å². The number of piperazine rings is 1. The molecule has 0 radical (unpaired) electrons. The van der Waals surface area contributed by atoms with Crippen molar-refractivity contribution in [3.8, 4) is 5.75 Å². The van der Waals surface area contributed by atoms with Crippen LogP contribution >= 0.6 is 0 Å². The number of benzene rings is 2. The van der Waals surface area contributed by atoms with E-state index in [2.05, 4.69) is 27.2 Å².